The predicted molar refractivity (Wildman–Crippen MR) is 90.1 cm³/mol. The van der Waals surface area contributed by atoms with Crippen LogP contribution in [-0.4, -0.2) is 18.5 Å². The number of alkyl halides is 1. The summed E-state index contributed by atoms with van der Waals surface area (Å²) >= 11 is 5.71. The first-order valence-corrected chi connectivity index (χ1v) is 8.64. The van der Waals surface area contributed by atoms with E-state index in [2.05, 4.69) is 6.92 Å². The van der Waals surface area contributed by atoms with Crippen molar-refractivity contribution in [3.8, 4) is 0 Å². The number of rotatable bonds is 11. The van der Waals surface area contributed by atoms with E-state index < -0.39 is 5.97 Å². The minimum Gasteiger partial charge on any atom is -0.466 e. The fourth-order valence-electron chi connectivity index (χ4n) is 1.95. The van der Waals surface area contributed by atoms with E-state index in [9.17, 15) is 9.59 Å². The highest BCUT2D eigenvalue weighted by molar-refractivity contribution is 6.17. The number of halogens is 1. The van der Waals surface area contributed by atoms with E-state index in [0.717, 1.165) is 36.8 Å². The van der Waals surface area contributed by atoms with E-state index >= 15 is 0 Å². The quantitative estimate of drug-likeness (QED) is 0.341. The second-order valence-electron chi connectivity index (χ2n) is 5.39. The number of carbonyl (C=O) groups is 2. The molecule has 0 aliphatic carbocycles. The van der Waals surface area contributed by atoms with Gasteiger partial charge < -0.3 is 9.47 Å². The molecule has 4 nitrogen and oxygen atoms in total. The topological polar surface area (TPSA) is 52.6 Å². The Balaban J connectivity index is 2.12. The van der Waals surface area contributed by atoms with Crippen LogP contribution in [0.3, 0.4) is 0 Å². The Bertz CT molecular complexity index is 470. The molecule has 1 aromatic carbocycles. The fourth-order valence-corrected chi connectivity index (χ4v) is 2.13. The van der Waals surface area contributed by atoms with Crippen molar-refractivity contribution in [2.24, 2.45) is 0 Å². The van der Waals surface area contributed by atoms with Crippen LogP contribution in [0.5, 0.6) is 0 Å². The zero-order valence-corrected chi connectivity index (χ0v) is 14.4. The van der Waals surface area contributed by atoms with Crippen molar-refractivity contribution in [3.05, 3.63) is 35.4 Å². The third-order valence-electron chi connectivity index (χ3n) is 3.37. The second kappa shape index (κ2) is 11.9. The van der Waals surface area contributed by atoms with Gasteiger partial charge in [0.2, 0.25) is 0 Å². The van der Waals surface area contributed by atoms with Gasteiger partial charge in [0.1, 0.15) is 6.61 Å². The van der Waals surface area contributed by atoms with Crippen LogP contribution in [0.25, 0.3) is 0 Å². The molecule has 0 atom stereocenters. The summed E-state index contributed by atoms with van der Waals surface area (Å²) in [5.41, 5.74) is 1.91. The van der Waals surface area contributed by atoms with Gasteiger partial charge in [0, 0.05) is 5.88 Å². The van der Waals surface area contributed by atoms with Crippen LogP contribution in [0.1, 0.15) is 56.6 Å². The first kappa shape index (κ1) is 19.5. The van der Waals surface area contributed by atoms with Crippen LogP contribution in [0.2, 0.25) is 0 Å². The first-order valence-electron chi connectivity index (χ1n) is 8.10. The van der Waals surface area contributed by atoms with Gasteiger partial charge in [0.15, 0.2) is 0 Å². The number of ether oxygens (including phenoxy) is 2. The highest BCUT2D eigenvalue weighted by atomic mass is 35.5. The lowest BCUT2D eigenvalue weighted by molar-refractivity contribution is -0.151. The van der Waals surface area contributed by atoms with Crippen molar-refractivity contribution in [1.29, 1.82) is 0 Å². The number of unbranched alkanes of at least 4 members (excludes halogenated alkanes) is 3. The molecule has 0 saturated carbocycles. The average molecular weight is 341 g/mol. The maximum atomic E-state index is 11.6. The summed E-state index contributed by atoms with van der Waals surface area (Å²) in [6.45, 7) is 2.76. The van der Waals surface area contributed by atoms with Gasteiger partial charge in [-0.05, 0) is 17.5 Å². The number of benzene rings is 1. The SMILES string of the molecule is CCCCCCOC(=O)CCC(=O)OCc1ccc(CCl)cc1. The predicted octanol–water partition coefficient (Wildman–Crippen LogP) is 4.37. The van der Waals surface area contributed by atoms with Crippen molar-refractivity contribution in [3.63, 3.8) is 0 Å². The second-order valence-corrected chi connectivity index (χ2v) is 5.66. The van der Waals surface area contributed by atoms with E-state index in [4.69, 9.17) is 21.1 Å². The third kappa shape index (κ3) is 9.24. The van der Waals surface area contributed by atoms with Crippen molar-refractivity contribution in [2.75, 3.05) is 6.61 Å². The Morgan fingerprint density at radius 2 is 1.52 bits per heavy atom. The summed E-state index contributed by atoms with van der Waals surface area (Å²) < 4.78 is 10.2. The highest BCUT2D eigenvalue weighted by Crippen LogP contribution is 2.09. The Labute approximate surface area is 143 Å². The van der Waals surface area contributed by atoms with E-state index in [-0.39, 0.29) is 25.4 Å². The zero-order valence-electron chi connectivity index (χ0n) is 13.7. The van der Waals surface area contributed by atoms with Crippen molar-refractivity contribution in [2.45, 2.75) is 57.9 Å². The van der Waals surface area contributed by atoms with Crippen LogP contribution in [0.15, 0.2) is 24.3 Å². The molecular weight excluding hydrogens is 316 g/mol. The van der Waals surface area contributed by atoms with Crippen LogP contribution in [-0.2, 0) is 31.5 Å². The van der Waals surface area contributed by atoms with Gasteiger partial charge in [-0.15, -0.1) is 11.6 Å². The molecule has 0 radical (unpaired) electrons. The molecule has 0 aliphatic heterocycles. The van der Waals surface area contributed by atoms with E-state index in [1.807, 2.05) is 24.3 Å². The standard InChI is InChI=1S/C18H25ClO4/c1-2-3-4-5-12-22-17(20)10-11-18(21)23-14-16-8-6-15(13-19)7-9-16/h6-9H,2-5,10-14H2,1H3. The summed E-state index contributed by atoms with van der Waals surface area (Å²) in [5, 5.41) is 0. The molecule has 1 rings (SSSR count). The summed E-state index contributed by atoms with van der Waals surface area (Å²) in [4.78, 5) is 23.1. The summed E-state index contributed by atoms with van der Waals surface area (Å²) in [5.74, 6) is -0.278. The lowest BCUT2D eigenvalue weighted by Crippen LogP contribution is -2.11. The Morgan fingerprint density at radius 1 is 0.913 bits per heavy atom. The van der Waals surface area contributed by atoms with Crippen LogP contribution in [0.4, 0.5) is 0 Å². The summed E-state index contributed by atoms with van der Waals surface area (Å²) in [6.07, 6.45) is 4.35. The maximum absolute atomic E-state index is 11.6. The average Bonchev–Trinajstić information content (AvgIpc) is 2.58. The Hall–Kier alpha value is -1.55. The fraction of sp³-hybridized carbons (Fsp3) is 0.556. The van der Waals surface area contributed by atoms with Gasteiger partial charge in [0.05, 0.1) is 19.4 Å². The Kier molecular flexibility index (Phi) is 10.1. The third-order valence-corrected chi connectivity index (χ3v) is 3.68. The van der Waals surface area contributed by atoms with E-state index in [1.54, 1.807) is 0 Å². The molecule has 0 aliphatic rings. The maximum Gasteiger partial charge on any atom is 0.306 e. The number of hydrogen-bond acceptors (Lipinski definition) is 4. The molecule has 0 fully saturated rings. The van der Waals surface area contributed by atoms with Crippen LogP contribution >= 0.6 is 11.6 Å². The summed E-state index contributed by atoms with van der Waals surface area (Å²) in [6, 6.07) is 7.53. The van der Waals surface area contributed by atoms with Gasteiger partial charge in [-0.2, -0.15) is 0 Å². The molecule has 1 aromatic rings. The van der Waals surface area contributed by atoms with Gasteiger partial charge >= 0.3 is 11.9 Å². The molecule has 0 N–H and O–H groups in total. The minimum atomic E-state index is -0.394. The molecule has 23 heavy (non-hydrogen) atoms. The van der Waals surface area contributed by atoms with E-state index in [0.29, 0.717) is 12.5 Å². The van der Waals surface area contributed by atoms with Gasteiger partial charge in [-0.3, -0.25) is 9.59 Å². The molecule has 0 heterocycles. The van der Waals surface area contributed by atoms with Crippen molar-refractivity contribution < 1.29 is 19.1 Å². The van der Waals surface area contributed by atoms with Gasteiger partial charge in [-0.25, -0.2) is 0 Å². The van der Waals surface area contributed by atoms with Crippen molar-refractivity contribution in [1.82, 2.24) is 0 Å². The zero-order chi connectivity index (χ0) is 16.9. The van der Waals surface area contributed by atoms with Crippen LogP contribution in [0, 0.1) is 0 Å². The normalized spacial score (nSPS) is 10.3. The Morgan fingerprint density at radius 3 is 2.13 bits per heavy atom. The first-order chi connectivity index (χ1) is 11.2. The summed E-state index contributed by atoms with van der Waals surface area (Å²) in [7, 11) is 0. The number of esters is 2. The molecule has 128 valence electrons. The molecular formula is C18H25ClO4. The monoisotopic (exact) mass is 340 g/mol. The van der Waals surface area contributed by atoms with E-state index in [1.165, 1.54) is 0 Å². The van der Waals surface area contributed by atoms with Gasteiger partial charge in [0.25, 0.3) is 0 Å². The largest absolute Gasteiger partial charge is 0.466 e. The molecule has 0 saturated heterocycles. The van der Waals surface area contributed by atoms with Crippen molar-refractivity contribution >= 4 is 23.5 Å². The number of carbonyl (C=O) groups excluding carboxylic acids is 2. The molecule has 0 spiro atoms. The molecule has 0 bridgehead atoms. The molecule has 0 amide bonds. The minimum absolute atomic E-state index is 0.0492. The lowest BCUT2D eigenvalue weighted by Gasteiger charge is -2.06. The number of hydrogen-bond donors (Lipinski definition) is 0. The molecule has 5 heteroatoms. The lowest BCUT2D eigenvalue weighted by atomic mass is 10.2. The van der Waals surface area contributed by atoms with Gasteiger partial charge in [-0.1, -0.05) is 50.5 Å². The molecule has 0 aromatic heterocycles. The smallest absolute Gasteiger partial charge is 0.306 e. The van der Waals surface area contributed by atoms with Crippen LogP contribution < -0.4 is 0 Å². The highest BCUT2D eigenvalue weighted by Gasteiger charge is 2.09. The molecule has 0 unspecified atom stereocenters.